The van der Waals surface area contributed by atoms with E-state index >= 15 is 0 Å². The van der Waals surface area contributed by atoms with E-state index in [0.717, 1.165) is 16.3 Å². The molecule has 0 bridgehead atoms. The average molecular weight is 394 g/mol. The molecule has 1 heterocycles. The first-order chi connectivity index (χ1) is 12.5. The maximum absolute atomic E-state index is 14.0. The molecule has 0 amide bonds. The molecular formula is C18H19ClFN4OS+. The molecule has 2 aromatic carbocycles. The molecule has 0 aliphatic carbocycles. The van der Waals surface area contributed by atoms with Gasteiger partial charge in [-0.05, 0) is 36.5 Å². The SMILES string of the molecule is COc1cccc(-n2cnn(C[NH+](C)Cc3c(F)cccc3Cl)c2=S)c1. The van der Waals surface area contributed by atoms with Crippen molar-refractivity contribution in [1.29, 1.82) is 0 Å². The van der Waals surface area contributed by atoms with Crippen LogP contribution in [0, 0.1) is 10.6 Å². The number of rotatable bonds is 6. The molecule has 0 saturated carbocycles. The Bertz CT molecular complexity index is 952. The summed E-state index contributed by atoms with van der Waals surface area (Å²) in [5, 5.41) is 4.79. The van der Waals surface area contributed by atoms with E-state index in [4.69, 9.17) is 28.6 Å². The van der Waals surface area contributed by atoms with Gasteiger partial charge in [0.1, 0.15) is 24.4 Å². The van der Waals surface area contributed by atoms with Crippen LogP contribution in [0.15, 0.2) is 48.8 Å². The maximum Gasteiger partial charge on any atom is 0.207 e. The molecule has 3 rings (SSSR count). The van der Waals surface area contributed by atoms with Crippen LogP contribution in [0.25, 0.3) is 5.69 Å². The third kappa shape index (κ3) is 3.95. The molecule has 0 saturated heterocycles. The number of ether oxygens (including phenoxy) is 1. The van der Waals surface area contributed by atoms with Crippen LogP contribution in [0.5, 0.6) is 5.75 Å². The summed E-state index contributed by atoms with van der Waals surface area (Å²) in [6.07, 6.45) is 1.67. The van der Waals surface area contributed by atoms with Gasteiger partial charge < -0.3 is 9.64 Å². The monoisotopic (exact) mass is 393 g/mol. The summed E-state index contributed by atoms with van der Waals surface area (Å²) in [7, 11) is 3.56. The van der Waals surface area contributed by atoms with E-state index in [2.05, 4.69) is 5.10 Å². The molecular weight excluding hydrogens is 375 g/mol. The molecule has 1 unspecified atom stereocenters. The van der Waals surface area contributed by atoms with Crippen LogP contribution >= 0.6 is 23.8 Å². The fourth-order valence-corrected chi connectivity index (χ4v) is 3.19. The Morgan fingerprint density at radius 2 is 2.04 bits per heavy atom. The van der Waals surface area contributed by atoms with Gasteiger partial charge in [-0.2, -0.15) is 9.78 Å². The first-order valence-corrected chi connectivity index (χ1v) is 8.81. The van der Waals surface area contributed by atoms with E-state index in [1.165, 1.54) is 6.07 Å². The van der Waals surface area contributed by atoms with Crippen LogP contribution in [-0.4, -0.2) is 28.5 Å². The van der Waals surface area contributed by atoms with Gasteiger partial charge in [0.05, 0.1) is 30.4 Å². The zero-order valence-electron chi connectivity index (χ0n) is 14.4. The fourth-order valence-electron chi connectivity index (χ4n) is 2.70. The lowest BCUT2D eigenvalue weighted by Gasteiger charge is -2.15. The van der Waals surface area contributed by atoms with Gasteiger partial charge >= 0.3 is 0 Å². The van der Waals surface area contributed by atoms with Gasteiger partial charge in [-0.3, -0.25) is 4.57 Å². The number of quaternary nitrogens is 1. The van der Waals surface area contributed by atoms with E-state index in [0.29, 0.717) is 28.6 Å². The highest BCUT2D eigenvalue weighted by atomic mass is 35.5. The zero-order chi connectivity index (χ0) is 18.7. The van der Waals surface area contributed by atoms with Crippen molar-refractivity contribution >= 4 is 23.8 Å². The number of methoxy groups -OCH3 is 1. The average Bonchev–Trinajstić information content (AvgIpc) is 2.99. The predicted molar refractivity (Wildman–Crippen MR) is 101 cm³/mol. The van der Waals surface area contributed by atoms with E-state index in [9.17, 15) is 4.39 Å². The molecule has 0 radical (unpaired) electrons. The second-order valence-electron chi connectivity index (χ2n) is 5.98. The molecule has 3 aromatic rings. The van der Waals surface area contributed by atoms with Crippen molar-refractivity contribution in [3.63, 3.8) is 0 Å². The number of benzene rings is 2. The van der Waals surface area contributed by atoms with Crippen LogP contribution in [0.2, 0.25) is 5.02 Å². The fraction of sp³-hybridized carbons (Fsp3) is 0.222. The molecule has 26 heavy (non-hydrogen) atoms. The van der Waals surface area contributed by atoms with Crippen LogP contribution in [-0.2, 0) is 13.2 Å². The standard InChI is InChI=1S/C18H18ClFN4OS/c1-22(10-15-16(19)7-4-8-17(15)20)12-24-18(26)23(11-21-24)13-5-3-6-14(9-13)25-2/h3-9,11H,10,12H2,1-2H3/p+1. The minimum absolute atomic E-state index is 0.303. The number of hydrogen-bond acceptors (Lipinski definition) is 3. The molecule has 1 atom stereocenters. The van der Waals surface area contributed by atoms with Gasteiger partial charge in [0.15, 0.2) is 6.67 Å². The first-order valence-electron chi connectivity index (χ1n) is 8.02. The zero-order valence-corrected chi connectivity index (χ0v) is 16.0. The van der Waals surface area contributed by atoms with Crippen molar-refractivity contribution in [2.24, 2.45) is 0 Å². The maximum atomic E-state index is 14.0. The summed E-state index contributed by atoms with van der Waals surface area (Å²) in [6.45, 7) is 0.916. The molecule has 8 heteroatoms. The molecule has 0 aliphatic rings. The summed E-state index contributed by atoms with van der Waals surface area (Å²) in [5.41, 5.74) is 1.36. The molecule has 0 aliphatic heterocycles. The highest BCUT2D eigenvalue weighted by Crippen LogP contribution is 2.18. The van der Waals surface area contributed by atoms with Gasteiger partial charge in [-0.25, -0.2) is 4.39 Å². The number of nitrogens with one attached hydrogen (secondary N) is 1. The molecule has 136 valence electrons. The molecule has 5 nitrogen and oxygen atoms in total. The third-order valence-corrected chi connectivity index (χ3v) is 4.79. The van der Waals surface area contributed by atoms with E-state index in [1.807, 2.05) is 31.3 Å². The quantitative estimate of drug-likeness (QED) is 0.654. The van der Waals surface area contributed by atoms with Gasteiger partial charge in [-0.15, -0.1) is 0 Å². The lowest BCUT2D eigenvalue weighted by atomic mass is 10.2. The Balaban J connectivity index is 1.79. The normalized spacial score (nSPS) is 12.2. The first kappa shape index (κ1) is 18.6. The van der Waals surface area contributed by atoms with Gasteiger partial charge in [0, 0.05) is 6.07 Å². The highest BCUT2D eigenvalue weighted by Gasteiger charge is 2.14. The summed E-state index contributed by atoms with van der Waals surface area (Å²) >= 11 is 11.6. The second kappa shape index (κ2) is 7.99. The lowest BCUT2D eigenvalue weighted by Crippen LogP contribution is -3.07. The Labute approximate surface area is 161 Å². The van der Waals surface area contributed by atoms with Crippen molar-refractivity contribution in [3.8, 4) is 11.4 Å². The van der Waals surface area contributed by atoms with Crippen molar-refractivity contribution in [2.75, 3.05) is 14.2 Å². The number of halogens is 2. The smallest absolute Gasteiger partial charge is 0.207 e. The second-order valence-corrected chi connectivity index (χ2v) is 6.75. The Morgan fingerprint density at radius 3 is 2.77 bits per heavy atom. The van der Waals surface area contributed by atoms with Crippen LogP contribution < -0.4 is 9.64 Å². The van der Waals surface area contributed by atoms with Crippen LogP contribution in [0.4, 0.5) is 4.39 Å². The molecule has 1 N–H and O–H groups in total. The van der Waals surface area contributed by atoms with Gasteiger partial charge in [-0.1, -0.05) is 23.7 Å². The van der Waals surface area contributed by atoms with Crippen LogP contribution in [0.3, 0.4) is 0 Å². The summed E-state index contributed by atoms with van der Waals surface area (Å²) in [6, 6.07) is 12.3. The minimum Gasteiger partial charge on any atom is -0.497 e. The molecule has 0 spiro atoms. The molecule has 0 fully saturated rings. The van der Waals surface area contributed by atoms with Gasteiger partial charge in [0.2, 0.25) is 4.77 Å². The van der Waals surface area contributed by atoms with Crippen molar-refractivity contribution in [2.45, 2.75) is 13.2 Å². The largest absolute Gasteiger partial charge is 0.497 e. The number of hydrogen-bond donors (Lipinski definition) is 1. The van der Waals surface area contributed by atoms with E-state index < -0.39 is 0 Å². The highest BCUT2D eigenvalue weighted by molar-refractivity contribution is 7.71. The summed E-state index contributed by atoms with van der Waals surface area (Å²) in [5.74, 6) is 0.441. The topological polar surface area (TPSA) is 36.4 Å². The van der Waals surface area contributed by atoms with Crippen molar-refractivity contribution < 1.29 is 14.0 Å². The number of nitrogens with zero attached hydrogens (tertiary/aromatic N) is 3. The van der Waals surface area contributed by atoms with Crippen molar-refractivity contribution in [3.05, 3.63) is 70.0 Å². The Kier molecular flexibility index (Phi) is 5.70. The van der Waals surface area contributed by atoms with E-state index in [1.54, 1.807) is 34.8 Å². The summed E-state index contributed by atoms with van der Waals surface area (Å²) in [4.78, 5) is 1.00. The van der Waals surface area contributed by atoms with Crippen molar-refractivity contribution in [1.82, 2.24) is 14.3 Å². The third-order valence-electron chi connectivity index (χ3n) is 4.02. The summed E-state index contributed by atoms with van der Waals surface area (Å²) < 4.78 is 23.3. The minimum atomic E-state index is -0.303. The lowest BCUT2D eigenvalue weighted by molar-refractivity contribution is -0.917. The van der Waals surface area contributed by atoms with Gasteiger partial charge in [0.25, 0.3) is 0 Å². The molecule has 1 aromatic heterocycles. The number of aromatic nitrogens is 3. The van der Waals surface area contributed by atoms with Crippen LogP contribution in [0.1, 0.15) is 5.56 Å². The van der Waals surface area contributed by atoms with E-state index in [-0.39, 0.29) is 5.82 Å². The Morgan fingerprint density at radius 1 is 1.27 bits per heavy atom. The Hall–Kier alpha value is -2.22. The predicted octanol–water partition coefficient (Wildman–Crippen LogP) is 2.88.